The maximum absolute atomic E-state index is 10.7. The Morgan fingerprint density at radius 1 is 0.947 bits per heavy atom. The van der Waals surface area contributed by atoms with Gasteiger partial charge in [-0.3, -0.25) is 0 Å². The van der Waals surface area contributed by atoms with Crippen LogP contribution in [0.1, 0.15) is 13.8 Å². The van der Waals surface area contributed by atoms with E-state index in [2.05, 4.69) is 0 Å². The minimum absolute atomic E-state index is 0. The number of carbonyl (C=O) groups excluding carboxylic acids is 1. The van der Waals surface area contributed by atoms with Crippen LogP contribution in [0, 0.1) is 5.41 Å². The third kappa shape index (κ3) is 12.7. The van der Waals surface area contributed by atoms with Crippen molar-refractivity contribution in [3.8, 4) is 0 Å². The molecule has 0 amide bonds. The summed E-state index contributed by atoms with van der Waals surface area (Å²) in [7, 11) is 1.62. The summed E-state index contributed by atoms with van der Waals surface area (Å²) in [6.45, 7) is 6.12. The van der Waals surface area contributed by atoms with Crippen LogP contribution in [-0.4, -0.2) is 59.3 Å². The van der Waals surface area contributed by atoms with E-state index in [1.807, 2.05) is 0 Å². The Labute approximate surface area is 126 Å². The Hall–Kier alpha value is -0.0926. The van der Waals surface area contributed by atoms with Crippen molar-refractivity contribution >= 4 is 5.97 Å². The summed E-state index contributed by atoms with van der Waals surface area (Å²) in [5.74, 6) is -1.12. The molecule has 0 fully saturated rings. The molecule has 19 heavy (non-hydrogen) atoms. The molecule has 0 atom stereocenters. The minimum atomic E-state index is -1.12. The monoisotopic (exact) mass is 270 g/mol. The average Bonchev–Trinajstić information content (AvgIpc) is 2.31. The van der Waals surface area contributed by atoms with E-state index in [9.17, 15) is 9.90 Å². The Kier molecular flexibility index (Phi) is 14.4. The van der Waals surface area contributed by atoms with Crippen molar-refractivity contribution in [2.75, 3.05) is 53.4 Å². The predicted molar refractivity (Wildman–Crippen MR) is 63.1 cm³/mol. The first-order valence-electron chi connectivity index (χ1n) is 5.94. The van der Waals surface area contributed by atoms with Gasteiger partial charge in [0.2, 0.25) is 0 Å². The van der Waals surface area contributed by atoms with Crippen LogP contribution < -0.4 is 24.0 Å². The number of hydrogen-bond donors (Lipinski definition) is 0. The number of carboxylic acid groups (broad SMARTS) is 1. The first-order chi connectivity index (χ1) is 8.50. The van der Waals surface area contributed by atoms with Crippen molar-refractivity contribution in [2.24, 2.45) is 5.41 Å². The van der Waals surface area contributed by atoms with Gasteiger partial charge in [0.05, 0.1) is 46.2 Å². The van der Waals surface area contributed by atoms with Crippen molar-refractivity contribution in [2.45, 2.75) is 13.8 Å². The summed E-state index contributed by atoms with van der Waals surface area (Å²) in [6, 6.07) is 0. The molecule has 6 nitrogen and oxygen atoms in total. The molecule has 0 aliphatic rings. The molecule has 0 aromatic heterocycles. The molecule has 0 aliphatic carbocycles. The smallest absolute Gasteiger partial charge is 0.549 e. The van der Waals surface area contributed by atoms with Crippen LogP contribution >= 0.6 is 0 Å². The van der Waals surface area contributed by atoms with E-state index < -0.39 is 11.4 Å². The van der Waals surface area contributed by atoms with Crippen molar-refractivity contribution in [1.82, 2.24) is 0 Å². The van der Waals surface area contributed by atoms with Crippen molar-refractivity contribution in [1.29, 1.82) is 0 Å². The summed E-state index contributed by atoms with van der Waals surface area (Å²) in [4.78, 5) is 10.7. The average molecular weight is 270 g/mol. The second-order valence-electron chi connectivity index (χ2n) is 4.44. The summed E-state index contributed by atoms with van der Waals surface area (Å²) in [6.07, 6.45) is 0. The van der Waals surface area contributed by atoms with Gasteiger partial charge in [0.15, 0.2) is 0 Å². The van der Waals surface area contributed by atoms with E-state index in [4.69, 9.17) is 18.9 Å². The molecule has 0 aromatic carbocycles. The van der Waals surface area contributed by atoms with Gasteiger partial charge in [0.1, 0.15) is 0 Å². The topological polar surface area (TPSA) is 77.0 Å². The van der Waals surface area contributed by atoms with Crippen LogP contribution in [0.3, 0.4) is 0 Å². The van der Waals surface area contributed by atoms with Gasteiger partial charge in [-0.15, -0.1) is 0 Å². The number of methoxy groups -OCH3 is 1. The van der Waals surface area contributed by atoms with Crippen molar-refractivity contribution < 1.29 is 47.7 Å². The molecule has 0 aliphatic heterocycles. The second-order valence-corrected chi connectivity index (χ2v) is 4.44. The number of carbonyl (C=O) groups is 1. The molecule has 0 radical (unpaired) electrons. The molecule has 7 heteroatoms. The minimum Gasteiger partial charge on any atom is -0.549 e. The fourth-order valence-electron chi connectivity index (χ4n) is 0.968. The maximum atomic E-state index is 10.7. The fraction of sp³-hybridized carbons (Fsp3) is 0.917. The van der Waals surface area contributed by atoms with Gasteiger partial charge in [-0.25, -0.2) is 0 Å². The first-order valence-corrected chi connectivity index (χ1v) is 5.94. The van der Waals surface area contributed by atoms with Crippen LogP contribution in [0.15, 0.2) is 0 Å². The molecule has 0 saturated heterocycles. The zero-order chi connectivity index (χ0) is 13.9. The van der Waals surface area contributed by atoms with E-state index in [1.165, 1.54) is 0 Å². The van der Waals surface area contributed by atoms with Crippen LogP contribution in [0.5, 0.6) is 0 Å². The quantitative estimate of drug-likeness (QED) is 0.270. The number of ether oxygens (including phenoxy) is 4. The van der Waals surface area contributed by atoms with Crippen LogP contribution in [0.2, 0.25) is 0 Å². The maximum Gasteiger partial charge on any atom is 1.00 e. The van der Waals surface area contributed by atoms with Crippen molar-refractivity contribution in [3.63, 3.8) is 0 Å². The van der Waals surface area contributed by atoms with E-state index in [-0.39, 0.29) is 25.5 Å². The molecule has 0 unspecified atom stereocenters. The third-order valence-corrected chi connectivity index (χ3v) is 2.19. The van der Waals surface area contributed by atoms with Gasteiger partial charge >= 0.3 is 18.9 Å². The summed E-state index contributed by atoms with van der Waals surface area (Å²) < 4.78 is 20.4. The molecule has 0 bridgehead atoms. The largest absolute Gasteiger partial charge is 1.00 e. The Balaban J connectivity index is 0. The Morgan fingerprint density at radius 2 is 1.37 bits per heavy atom. The van der Waals surface area contributed by atoms with Gasteiger partial charge in [0, 0.05) is 18.5 Å². The fourth-order valence-corrected chi connectivity index (χ4v) is 0.968. The van der Waals surface area contributed by atoms with Crippen LogP contribution in [0.4, 0.5) is 0 Å². The van der Waals surface area contributed by atoms with Gasteiger partial charge in [-0.1, -0.05) is 13.8 Å². The zero-order valence-electron chi connectivity index (χ0n) is 12.4. The first kappa shape index (κ1) is 21.2. The molecule has 0 rings (SSSR count). The van der Waals surface area contributed by atoms with E-state index in [1.54, 1.807) is 21.0 Å². The number of carboxylic acids is 1. The molecule has 108 valence electrons. The SMILES string of the molecule is COCCOCCOCCOCC(C)(C)C(=O)[O-].[Li+]. The number of hydrogen-bond acceptors (Lipinski definition) is 6. The standard InChI is InChI=1S/C12H24O6.Li/c1-12(2,11(13)14)10-18-9-8-17-7-6-16-5-4-15-3;/h4-10H2,1-3H3,(H,13,14);/q;+1/p-1. The Morgan fingerprint density at radius 3 is 1.79 bits per heavy atom. The molecule has 0 aromatic rings. The summed E-state index contributed by atoms with van der Waals surface area (Å²) >= 11 is 0. The van der Waals surface area contributed by atoms with Gasteiger partial charge < -0.3 is 28.8 Å². The normalized spacial score (nSPS) is 11.1. The predicted octanol–water partition coefficient (Wildman–Crippen LogP) is -3.54. The molecule has 0 heterocycles. The summed E-state index contributed by atoms with van der Waals surface area (Å²) in [5.41, 5.74) is -0.969. The third-order valence-electron chi connectivity index (χ3n) is 2.19. The summed E-state index contributed by atoms with van der Waals surface area (Å²) in [5, 5.41) is 10.7. The molecular formula is C12H23LiO6. The second kappa shape index (κ2) is 12.9. The van der Waals surface area contributed by atoms with Gasteiger partial charge in [-0.05, 0) is 0 Å². The molecular weight excluding hydrogens is 247 g/mol. The molecule has 0 spiro atoms. The number of aliphatic carboxylic acids is 1. The van der Waals surface area contributed by atoms with Gasteiger partial charge in [0.25, 0.3) is 0 Å². The van der Waals surface area contributed by atoms with Crippen molar-refractivity contribution in [3.05, 3.63) is 0 Å². The number of rotatable bonds is 12. The molecule has 0 saturated carbocycles. The molecule has 0 N–H and O–H groups in total. The zero-order valence-corrected chi connectivity index (χ0v) is 12.4. The van der Waals surface area contributed by atoms with E-state index >= 15 is 0 Å². The Bertz CT molecular complexity index is 222. The van der Waals surface area contributed by atoms with E-state index in [0.29, 0.717) is 39.6 Å². The van der Waals surface area contributed by atoms with Gasteiger partial charge in [-0.2, -0.15) is 0 Å². The van der Waals surface area contributed by atoms with E-state index in [0.717, 1.165) is 0 Å². The van der Waals surface area contributed by atoms with Crippen LogP contribution in [0.25, 0.3) is 0 Å². The van der Waals surface area contributed by atoms with Crippen LogP contribution in [-0.2, 0) is 23.7 Å².